The van der Waals surface area contributed by atoms with E-state index < -0.39 is 0 Å². The summed E-state index contributed by atoms with van der Waals surface area (Å²) < 4.78 is 5.50. The Kier molecular flexibility index (Phi) is 5.91. The van der Waals surface area contributed by atoms with E-state index in [1.54, 1.807) is 23.1 Å². The number of ether oxygens (including phenoxy) is 1. The zero-order valence-corrected chi connectivity index (χ0v) is 13.6. The first-order valence-corrected chi connectivity index (χ1v) is 7.88. The highest BCUT2D eigenvalue weighted by Crippen LogP contribution is 2.27. The number of carbonyl (C=O) groups is 2. The van der Waals surface area contributed by atoms with Crippen molar-refractivity contribution in [2.75, 3.05) is 19.7 Å². The van der Waals surface area contributed by atoms with Crippen LogP contribution in [0.15, 0.2) is 18.2 Å². The van der Waals surface area contributed by atoms with Crippen LogP contribution in [0.25, 0.3) is 0 Å². The average Bonchev–Trinajstić information content (AvgIpc) is 2.49. The van der Waals surface area contributed by atoms with Crippen LogP contribution in [-0.4, -0.2) is 36.4 Å². The molecular weight excluding hydrogens is 327 g/mol. The summed E-state index contributed by atoms with van der Waals surface area (Å²) in [5.74, 6) is 0.111. The van der Waals surface area contributed by atoms with Gasteiger partial charge in [-0.1, -0.05) is 23.2 Å². The molecule has 7 heteroatoms. The van der Waals surface area contributed by atoms with Crippen molar-refractivity contribution < 1.29 is 14.3 Å². The Bertz CT molecular complexity index is 558. The number of nitrogens with two attached hydrogens (primary N) is 1. The Morgan fingerprint density at radius 3 is 2.55 bits per heavy atom. The maximum atomic E-state index is 12.1. The van der Waals surface area contributed by atoms with Crippen molar-refractivity contribution in [3.63, 3.8) is 0 Å². The molecule has 120 valence electrons. The molecule has 1 aromatic carbocycles. The molecule has 2 amide bonds. The molecule has 0 bridgehead atoms. The summed E-state index contributed by atoms with van der Waals surface area (Å²) in [6.07, 6.45) is 1.52. The topological polar surface area (TPSA) is 72.6 Å². The summed E-state index contributed by atoms with van der Waals surface area (Å²) in [6, 6.07) is 4.95. The van der Waals surface area contributed by atoms with Crippen LogP contribution < -0.4 is 10.5 Å². The van der Waals surface area contributed by atoms with E-state index >= 15 is 0 Å². The van der Waals surface area contributed by atoms with Crippen molar-refractivity contribution in [3.8, 4) is 5.75 Å². The Hall–Kier alpha value is -1.46. The van der Waals surface area contributed by atoms with Crippen LogP contribution in [-0.2, 0) is 9.59 Å². The first-order chi connectivity index (χ1) is 10.5. The minimum atomic E-state index is -0.284. The number of likely N-dealkylation sites (tertiary alicyclic amines) is 1. The molecule has 0 aromatic heterocycles. The van der Waals surface area contributed by atoms with Gasteiger partial charge in [-0.25, -0.2) is 0 Å². The van der Waals surface area contributed by atoms with Gasteiger partial charge in [0.15, 0.2) is 0 Å². The minimum absolute atomic E-state index is 0.00741. The Morgan fingerprint density at radius 1 is 1.27 bits per heavy atom. The number of primary amides is 1. The van der Waals surface area contributed by atoms with Gasteiger partial charge in [0.2, 0.25) is 11.8 Å². The maximum absolute atomic E-state index is 12.1. The number of hydrogen-bond acceptors (Lipinski definition) is 3. The molecule has 5 nitrogen and oxygen atoms in total. The highest BCUT2D eigenvalue weighted by atomic mass is 35.5. The maximum Gasteiger partial charge on any atom is 0.225 e. The van der Waals surface area contributed by atoms with Crippen LogP contribution in [0.1, 0.15) is 19.3 Å². The number of rotatable bonds is 5. The number of nitrogens with zero attached hydrogens (tertiary/aromatic N) is 1. The molecular formula is C15H18Cl2N2O3. The van der Waals surface area contributed by atoms with Crippen LogP contribution in [0.2, 0.25) is 10.0 Å². The Balaban J connectivity index is 1.75. The van der Waals surface area contributed by atoms with Crippen LogP contribution in [0.4, 0.5) is 0 Å². The van der Waals surface area contributed by atoms with E-state index in [1.165, 1.54) is 0 Å². The monoisotopic (exact) mass is 344 g/mol. The number of piperidine rings is 1. The van der Waals surface area contributed by atoms with Gasteiger partial charge in [-0.05, 0) is 31.0 Å². The van der Waals surface area contributed by atoms with Crippen molar-refractivity contribution in [3.05, 3.63) is 28.2 Å². The van der Waals surface area contributed by atoms with Gasteiger partial charge in [0.1, 0.15) is 5.75 Å². The van der Waals surface area contributed by atoms with Gasteiger partial charge >= 0.3 is 0 Å². The SMILES string of the molecule is NC(=O)C1CCN(C(=O)CCOc2ccc(Cl)cc2Cl)CC1. The Morgan fingerprint density at radius 2 is 1.95 bits per heavy atom. The quantitative estimate of drug-likeness (QED) is 0.891. The summed E-state index contributed by atoms with van der Waals surface area (Å²) in [6.45, 7) is 1.37. The van der Waals surface area contributed by atoms with Gasteiger partial charge in [-0.15, -0.1) is 0 Å². The van der Waals surface area contributed by atoms with E-state index in [0.717, 1.165) is 0 Å². The molecule has 0 atom stereocenters. The van der Waals surface area contributed by atoms with Crippen LogP contribution in [0.5, 0.6) is 5.75 Å². The van der Waals surface area contributed by atoms with Gasteiger partial charge < -0.3 is 15.4 Å². The van der Waals surface area contributed by atoms with Crippen LogP contribution in [0, 0.1) is 5.92 Å². The highest BCUT2D eigenvalue weighted by Gasteiger charge is 2.25. The smallest absolute Gasteiger partial charge is 0.225 e. The molecule has 2 rings (SSSR count). The third kappa shape index (κ3) is 4.52. The molecule has 0 aliphatic carbocycles. The number of halogens is 2. The average molecular weight is 345 g/mol. The first-order valence-electron chi connectivity index (χ1n) is 7.12. The molecule has 2 N–H and O–H groups in total. The fourth-order valence-electron chi connectivity index (χ4n) is 2.41. The lowest BCUT2D eigenvalue weighted by Crippen LogP contribution is -2.42. The largest absolute Gasteiger partial charge is 0.491 e. The minimum Gasteiger partial charge on any atom is -0.491 e. The predicted molar refractivity (Wildman–Crippen MR) is 85.1 cm³/mol. The molecule has 1 aromatic rings. The first kappa shape index (κ1) is 16.9. The van der Waals surface area contributed by atoms with Gasteiger partial charge in [0, 0.05) is 24.0 Å². The molecule has 0 unspecified atom stereocenters. The van der Waals surface area contributed by atoms with Gasteiger partial charge in [0.05, 0.1) is 18.1 Å². The van der Waals surface area contributed by atoms with Gasteiger partial charge in [-0.3, -0.25) is 9.59 Å². The number of benzene rings is 1. The van der Waals surface area contributed by atoms with Gasteiger partial charge in [-0.2, -0.15) is 0 Å². The van der Waals surface area contributed by atoms with E-state index in [4.69, 9.17) is 33.7 Å². The standard InChI is InChI=1S/C15H18Cl2N2O3/c16-11-1-2-13(12(17)9-11)22-8-5-14(20)19-6-3-10(4-7-19)15(18)21/h1-2,9-10H,3-8H2,(H2,18,21). The van der Waals surface area contributed by atoms with Crippen molar-refractivity contribution in [1.29, 1.82) is 0 Å². The molecule has 1 saturated heterocycles. The fraction of sp³-hybridized carbons (Fsp3) is 0.467. The van der Waals surface area contributed by atoms with E-state index in [0.29, 0.717) is 41.7 Å². The normalized spacial score (nSPS) is 15.6. The summed E-state index contributed by atoms with van der Waals surface area (Å²) >= 11 is 11.8. The predicted octanol–water partition coefficient (Wildman–Crippen LogP) is 2.49. The second-order valence-electron chi connectivity index (χ2n) is 5.23. The van der Waals surface area contributed by atoms with Crippen molar-refractivity contribution >= 4 is 35.0 Å². The molecule has 0 saturated carbocycles. The number of amides is 2. The fourth-order valence-corrected chi connectivity index (χ4v) is 2.88. The lowest BCUT2D eigenvalue weighted by Gasteiger charge is -2.30. The summed E-state index contributed by atoms with van der Waals surface area (Å²) in [5.41, 5.74) is 5.27. The van der Waals surface area contributed by atoms with Gasteiger partial charge in [0.25, 0.3) is 0 Å². The second kappa shape index (κ2) is 7.70. The summed E-state index contributed by atoms with van der Waals surface area (Å²) in [7, 11) is 0. The molecule has 1 fully saturated rings. The molecule has 1 aliphatic rings. The zero-order valence-electron chi connectivity index (χ0n) is 12.1. The van der Waals surface area contributed by atoms with Crippen molar-refractivity contribution in [2.24, 2.45) is 11.7 Å². The second-order valence-corrected chi connectivity index (χ2v) is 6.07. The lowest BCUT2D eigenvalue weighted by atomic mass is 9.96. The van der Waals surface area contributed by atoms with Crippen LogP contribution >= 0.6 is 23.2 Å². The van der Waals surface area contributed by atoms with Crippen molar-refractivity contribution in [2.45, 2.75) is 19.3 Å². The molecule has 0 spiro atoms. The third-order valence-corrected chi connectivity index (χ3v) is 4.25. The summed E-state index contributed by atoms with van der Waals surface area (Å²) in [4.78, 5) is 24.9. The lowest BCUT2D eigenvalue weighted by molar-refractivity contribution is -0.135. The molecule has 22 heavy (non-hydrogen) atoms. The van der Waals surface area contributed by atoms with E-state index in [1.807, 2.05) is 0 Å². The molecule has 1 aliphatic heterocycles. The van der Waals surface area contributed by atoms with Crippen LogP contribution in [0.3, 0.4) is 0 Å². The van der Waals surface area contributed by atoms with E-state index in [-0.39, 0.29) is 30.8 Å². The zero-order chi connectivity index (χ0) is 16.1. The molecule has 0 radical (unpaired) electrons. The third-order valence-electron chi connectivity index (χ3n) is 3.72. The van der Waals surface area contributed by atoms with Crippen molar-refractivity contribution in [1.82, 2.24) is 4.90 Å². The van der Waals surface area contributed by atoms with E-state index in [9.17, 15) is 9.59 Å². The Labute approximate surface area is 139 Å². The molecule has 1 heterocycles. The number of hydrogen-bond donors (Lipinski definition) is 1. The summed E-state index contributed by atoms with van der Waals surface area (Å²) in [5, 5.41) is 0.952. The number of carbonyl (C=O) groups excluding carboxylic acids is 2. The highest BCUT2D eigenvalue weighted by molar-refractivity contribution is 6.35. The van der Waals surface area contributed by atoms with E-state index in [2.05, 4.69) is 0 Å².